The molecular weight excluding hydrogens is 384 g/mol. The number of rotatable bonds is 6. The fourth-order valence-electron chi connectivity index (χ4n) is 2.48. The summed E-state index contributed by atoms with van der Waals surface area (Å²) >= 11 is 12.1. The van der Waals surface area contributed by atoms with E-state index in [4.69, 9.17) is 23.2 Å². The first kappa shape index (κ1) is 20.1. The van der Waals surface area contributed by atoms with Crippen LogP contribution in [0.2, 0.25) is 10.0 Å². The van der Waals surface area contributed by atoms with Crippen molar-refractivity contribution in [1.82, 2.24) is 0 Å². The molecule has 0 heterocycles. The molecule has 0 saturated carbocycles. The number of nitrogens with one attached hydrogen (secondary N) is 1. The molecule has 2 aromatic rings. The van der Waals surface area contributed by atoms with Crippen LogP contribution in [0.4, 0.5) is 15.8 Å². The predicted molar refractivity (Wildman–Crippen MR) is 97.9 cm³/mol. The Bertz CT molecular complexity index is 848. The molecule has 1 amide bonds. The number of carbonyl (C=O) groups excluding carboxylic acids is 1. The average Bonchev–Trinajstić information content (AvgIpc) is 2.55. The van der Waals surface area contributed by atoms with Gasteiger partial charge in [0.25, 0.3) is 5.91 Å². The highest BCUT2D eigenvalue weighted by atomic mass is 35.5. The van der Waals surface area contributed by atoms with Gasteiger partial charge in [-0.25, -0.2) is 0 Å². The summed E-state index contributed by atoms with van der Waals surface area (Å²) in [5, 5.41) is 16.1. The normalized spacial score (nSPS) is 13.1. The molecule has 0 bridgehead atoms. The quantitative estimate of drug-likeness (QED) is 0.572. The Labute approximate surface area is 159 Å². The number of anilines is 1. The molecule has 0 unspecified atom stereocenters. The molecule has 0 saturated heterocycles. The summed E-state index contributed by atoms with van der Waals surface area (Å²) in [6, 6.07) is 7.70. The molecule has 0 fully saturated rings. The minimum absolute atomic E-state index is 0.122. The lowest BCUT2D eigenvalue weighted by Gasteiger charge is -2.18. The van der Waals surface area contributed by atoms with Crippen molar-refractivity contribution in [3.05, 3.63) is 67.9 Å². The summed E-state index contributed by atoms with van der Waals surface area (Å²) in [5.41, 5.74) is 0.286. The molecule has 2 atom stereocenters. The highest BCUT2D eigenvalue weighted by Crippen LogP contribution is 2.24. The van der Waals surface area contributed by atoms with E-state index in [1.54, 1.807) is 30.4 Å². The Hall–Kier alpha value is -2.22. The van der Waals surface area contributed by atoms with Gasteiger partial charge < -0.3 is 10.6 Å². The van der Waals surface area contributed by atoms with Gasteiger partial charge in [-0.1, -0.05) is 29.3 Å². The van der Waals surface area contributed by atoms with Gasteiger partial charge in [-0.3, -0.25) is 14.9 Å². The van der Waals surface area contributed by atoms with Gasteiger partial charge in [0, 0.05) is 22.3 Å². The number of quaternary nitrogens is 1. The van der Waals surface area contributed by atoms with Crippen LogP contribution in [0.1, 0.15) is 25.5 Å². The smallest absolute Gasteiger partial charge is 0.306 e. The molecule has 0 aliphatic carbocycles. The van der Waals surface area contributed by atoms with E-state index >= 15 is 0 Å². The van der Waals surface area contributed by atoms with Gasteiger partial charge in [0.05, 0.1) is 9.95 Å². The molecular formula is C17H17Cl2FN3O3+. The van der Waals surface area contributed by atoms with E-state index in [9.17, 15) is 19.3 Å². The standard InChI is InChI=1S/C17H16Cl2FN3O3/c1-9(13-5-3-11(18)7-14(13)19)21-10(2)17(24)22-12-4-6-15(20)16(8-12)23(25)26/h3-10,21H,1-2H3,(H,22,24)/p+1/t9-,10+/m1/s1. The summed E-state index contributed by atoms with van der Waals surface area (Å²) in [7, 11) is 0. The number of amides is 1. The molecule has 3 N–H and O–H groups in total. The van der Waals surface area contributed by atoms with Crippen LogP contribution in [0.3, 0.4) is 0 Å². The lowest BCUT2D eigenvalue weighted by molar-refractivity contribution is -0.709. The molecule has 2 aromatic carbocycles. The Balaban J connectivity index is 2.05. The molecule has 0 aromatic heterocycles. The van der Waals surface area contributed by atoms with E-state index < -0.39 is 22.5 Å². The van der Waals surface area contributed by atoms with Gasteiger partial charge >= 0.3 is 5.69 Å². The van der Waals surface area contributed by atoms with Gasteiger partial charge in [0.2, 0.25) is 5.82 Å². The molecule has 6 nitrogen and oxygen atoms in total. The Kier molecular flexibility index (Phi) is 6.52. The van der Waals surface area contributed by atoms with Crippen molar-refractivity contribution in [2.75, 3.05) is 5.32 Å². The number of nitrogens with zero attached hydrogens (tertiary/aromatic N) is 1. The monoisotopic (exact) mass is 400 g/mol. The number of hydrogen-bond donors (Lipinski definition) is 2. The zero-order chi connectivity index (χ0) is 19.4. The third kappa shape index (κ3) is 4.91. The summed E-state index contributed by atoms with van der Waals surface area (Å²) < 4.78 is 13.4. The van der Waals surface area contributed by atoms with Crippen LogP contribution in [-0.2, 0) is 4.79 Å². The van der Waals surface area contributed by atoms with Gasteiger partial charge in [-0.15, -0.1) is 0 Å². The summed E-state index contributed by atoms with van der Waals surface area (Å²) in [6.07, 6.45) is 0. The number of nitro benzene ring substituents is 1. The van der Waals surface area contributed by atoms with E-state index in [-0.39, 0.29) is 17.6 Å². The summed E-state index contributed by atoms with van der Waals surface area (Å²) in [4.78, 5) is 22.3. The zero-order valence-corrected chi connectivity index (χ0v) is 15.5. The first-order chi connectivity index (χ1) is 12.2. The summed E-state index contributed by atoms with van der Waals surface area (Å²) in [5.74, 6) is -1.33. The van der Waals surface area contributed by atoms with Gasteiger partial charge in [0.15, 0.2) is 6.04 Å². The maximum absolute atomic E-state index is 13.4. The van der Waals surface area contributed by atoms with E-state index in [2.05, 4.69) is 5.32 Å². The van der Waals surface area contributed by atoms with Crippen LogP contribution in [0.25, 0.3) is 0 Å². The second-order valence-electron chi connectivity index (χ2n) is 5.85. The largest absolute Gasteiger partial charge is 0.330 e. The third-order valence-corrected chi connectivity index (χ3v) is 4.42. The molecule has 0 spiro atoms. The molecule has 2 rings (SSSR count). The van der Waals surface area contributed by atoms with Crippen LogP contribution in [0, 0.1) is 15.9 Å². The van der Waals surface area contributed by atoms with E-state index in [1.807, 2.05) is 6.92 Å². The number of nitrogens with two attached hydrogens (primary N) is 1. The molecule has 9 heteroatoms. The topological polar surface area (TPSA) is 88.8 Å². The highest BCUT2D eigenvalue weighted by molar-refractivity contribution is 6.35. The maximum atomic E-state index is 13.4. The average molecular weight is 401 g/mol. The minimum atomic E-state index is -0.960. The first-order valence-electron chi connectivity index (χ1n) is 7.73. The van der Waals surface area contributed by atoms with Crippen molar-refractivity contribution in [3.63, 3.8) is 0 Å². The van der Waals surface area contributed by atoms with Crippen molar-refractivity contribution in [1.29, 1.82) is 0 Å². The Morgan fingerprint density at radius 1 is 1.23 bits per heavy atom. The molecule has 0 aliphatic rings. The van der Waals surface area contributed by atoms with Crippen LogP contribution in [0.15, 0.2) is 36.4 Å². The van der Waals surface area contributed by atoms with Crippen molar-refractivity contribution in [2.45, 2.75) is 25.9 Å². The molecule has 138 valence electrons. The lowest BCUT2D eigenvalue weighted by atomic mass is 10.1. The highest BCUT2D eigenvalue weighted by Gasteiger charge is 2.23. The van der Waals surface area contributed by atoms with Crippen LogP contribution < -0.4 is 10.6 Å². The van der Waals surface area contributed by atoms with Crippen LogP contribution in [0.5, 0.6) is 0 Å². The number of halogens is 3. The SMILES string of the molecule is C[C@H]([NH2+][C@H](C)c1ccc(Cl)cc1Cl)C(=O)Nc1ccc(F)c([N+](=O)[O-])c1. The van der Waals surface area contributed by atoms with E-state index in [0.717, 1.165) is 17.7 Å². The van der Waals surface area contributed by atoms with Gasteiger partial charge in [-0.2, -0.15) is 4.39 Å². The van der Waals surface area contributed by atoms with Gasteiger partial charge in [-0.05, 0) is 38.1 Å². The molecule has 0 radical (unpaired) electrons. The second-order valence-corrected chi connectivity index (χ2v) is 6.69. The Morgan fingerprint density at radius 2 is 1.92 bits per heavy atom. The first-order valence-corrected chi connectivity index (χ1v) is 8.49. The van der Waals surface area contributed by atoms with E-state index in [1.165, 1.54) is 6.07 Å². The second kappa shape index (κ2) is 8.44. The van der Waals surface area contributed by atoms with Crippen molar-refractivity contribution in [2.24, 2.45) is 0 Å². The van der Waals surface area contributed by atoms with Crippen LogP contribution in [-0.4, -0.2) is 16.9 Å². The predicted octanol–water partition coefficient (Wildman–Crippen LogP) is 3.69. The third-order valence-electron chi connectivity index (χ3n) is 3.85. The maximum Gasteiger partial charge on any atom is 0.306 e. The Morgan fingerprint density at radius 3 is 2.54 bits per heavy atom. The van der Waals surface area contributed by atoms with Crippen molar-refractivity contribution >= 4 is 40.5 Å². The van der Waals surface area contributed by atoms with Crippen molar-refractivity contribution in [3.8, 4) is 0 Å². The molecule has 0 aliphatic heterocycles. The van der Waals surface area contributed by atoms with E-state index in [0.29, 0.717) is 10.0 Å². The fourth-order valence-corrected chi connectivity index (χ4v) is 3.06. The zero-order valence-electron chi connectivity index (χ0n) is 14.0. The molecule has 26 heavy (non-hydrogen) atoms. The number of benzene rings is 2. The fraction of sp³-hybridized carbons (Fsp3) is 0.235. The number of carbonyl (C=O) groups is 1. The lowest BCUT2D eigenvalue weighted by Crippen LogP contribution is -2.91. The number of nitro groups is 1. The van der Waals surface area contributed by atoms with Crippen molar-refractivity contribution < 1.29 is 19.4 Å². The van der Waals surface area contributed by atoms with Crippen LogP contribution >= 0.6 is 23.2 Å². The minimum Gasteiger partial charge on any atom is -0.330 e. The number of hydrogen-bond acceptors (Lipinski definition) is 3. The van der Waals surface area contributed by atoms with Gasteiger partial charge in [0.1, 0.15) is 6.04 Å². The summed E-state index contributed by atoms with van der Waals surface area (Å²) in [6.45, 7) is 3.58.